The first-order valence-corrected chi connectivity index (χ1v) is 10.6. The zero-order valence-electron chi connectivity index (χ0n) is 18.8. The highest BCUT2D eigenvalue weighted by Gasteiger charge is 2.64. The molecule has 2 aliphatic rings. The summed E-state index contributed by atoms with van der Waals surface area (Å²) in [6.07, 6.45) is -2.19. The van der Waals surface area contributed by atoms with E-state index in [-0.39, 0.29) is 24.3 Å². The molecule has 0 amide bonds. The molecule has 0 saturated heterocycles. The molecule has 1 heterocycles. The van der Waals surface area contributed by atoms with Gasteiger partial charge >= 0.3 is 18.1 Å². The Morgan fingerprint density at radius 2 is 1.88 bits per heavy atom. The first-order valence-electron chi connectivity index (χ1n) is 10.6. The summed E-state index contributed by atoms with van der Waals surface area (Å²) in [5.41, 5.74) is -1.84. The lowest BCUT2D eigenvalue weighted by molar-refractivity contribution is -0.277. The molecule has 0 N–H and O–H groups in total. The number of halogens is 3. The lowest BCUT2D eigenvalue weighted by atomic mass is 9.88. The zero-order valence-corrected chi connectivity index (χ0v) is 18.8. The van der Waals surface area contributed by atoms with Crippen LogP contribution < -0.4 is 0 Å². The molecular formula is C25H27F3O5. The van der Waals surface area contributed by atoms with Gasteiger partial charge in [0.25, 0.3) is 5.60 Å². The van der Waals surface area contributed by atoms with Crippen molar-refractivity contribution < 1.29 is 37.0 Å². The number of hydrogen-bond donors (Lipinski definition) is 0. The van der Waals surface area contributed by atoms with E-state index >= 15 is 0 Å². The molecule has 1 aliphatic carbocycles. The van der Waals surface area contributed by atoms with Crippen LogP contribution in [0.25, 0.3) is 0 Å². The summed E-state index contributed by atoms with van der Waals surface area (Å²) in [6.45, 7) is 7.49. The third-order valence-corrected chi connectivity index (χ3v) is 6.20. The number of benzene rings is 1. The van der Waals surface area contributed by atoms with Crippen molar-refractivity contribution in [3.05, 3.63) is 71.3 Å². The van der Waals surface area contributed by atoms with E-state index in [1.165, 1.54) is 24.3 Å². The lowest BCUT2D eigenvalue weighted by Crippen LogP contribution is -2.52. The van der Waals surface area contributed by atoms with Crippen LogP contribution in [0.5, 0.6) is 0 Å². The highest BCUT2D eigenvalue weighted by Crippen LogP contribution is 2.44. The van der Waals surface area contributed by atoms with E-state index in [0.717, 1.165) is 12.7 Å². The van der Waals surface area contributed by atoms with E-state index < -0.39 is 35.9 Å². The van der Waals surface area contributed by atoms with Crippen LogP contribution in [0.4, 0.5) is 13.2 Å². The van der Waals surface area contributed by atoms with Crippen molar-refractivity contribution in [1.29, 1.82) is 0 Å². The fourth-order valence-corrected chi connectivity index (χ4v) is 4.21. The van der Waals surface area contributed by atoms with Gasteiger partial charge in [0.05, 0.1) is 0 Å². The molecule has 8 heteroatoms. The van der Waals surface area contributed by atoms with Gasteiger partial charge in [-0.1, -0.05) is 48.6 Å². The first kappa shape index (κ1) is 24.8. The highest BCUT2D eigenvalue weighted by atomic mass is 19.4. The Balaban J connectivity index is 1.95. The average Bonchev–Trinajstić information content (AvgIpc) is 3.10. The van der Waals surface area contributed by atoms with E-state index in [4.69, 9.17) is 14.2 Å². The maximum Gasteiger partial charge on any atom is 0.432 e. The Morgan fingerprint density at radius 1 is 1.21 bits per heavy atom. The molecule has 1 aromatic carbocycles. The number of allylic oxidation sites excluding steroid dienone is 1. The van der Waals surface area contributed by atoms with Crippen LogP contribution in [0.15, 0.2) is 65.8 Å². The standard InChI is InChI=1S/C25H27F3O5/c1-15(2)19-12-10-16(3)20(13-11-17-14-21(19)32-22(17)29)33-23(30)24(31-4,25(26,27)28)18-8-6-5-7-9-18/h5-10,14,19-21H,1,11-13H2,2-4H3/b16-10+/t19-,20+,21-,24+/m1/s1. The van der Waals surface area contributed by atoms with Crippen molar-refractivity contribution in [2.75, 3.05) is 7.11 Å². The number of hydrogen-bond acceptors (Lipinski definition) is 5. The van der Waals surface area contributed by atoms with Crippen LogP contribution in [-0.2, 0) is 29.4 Å². The van der Waals surface area contributed by atoms with Crippen molar-refractivity contribution in [2.24, 2.45) is 5.92 Å². The van der Waals surface area contributed by atoms with Crippen LogP contribution in [-0.4, -0.2) is 37.4 Å². The molecule has 2 bridgehead atoms. The summed E-state index contributed by atoms with van der Waals surface area (Å²) < 4.78 is 58.4. The fraction of sp³-hybridized carbons (Fsp3) is 0.440. The smallest absolute Gasteiger partial charge is 0.432 e. The predicted molar refractivity (Wildman–Crippen MR) is 115 cm³/mol. The lowest BCUT2D eigenvalue weighted by Gasteiger charge is -2.34. The van der Waals surface area contributed by atoms with E-state index in [1.807, 2.05) is 6.92 Å². The van der Waals surface area contributed by atoms with E-state index in [2.05, 4.69) is 6.58 Å². The number of methoxy groups -OCH3 is 1. The van der Waals surface area contributed by atoms with Crippen LogP contribution in [0.3, 0.4) is 0 Å². The molecule has 33 heavy (non-hydrogen) atoms. The summed E-state index contributed by atoms with van der Waals surface area (Å²) in [5, 5.41) is 0. The van der Waals surface area contributed by atoms with Crippen molar-refractivity contribution in [1.82, 2.24) is 0 Å². The number of carbonyl (C=O) groups is 2. The summed E-state index contributed by atoms with van der Waals surface area (Å²) in [7, 11) is 0.828. The summed E-state index contributed by atoms with van der Waals surface area (Å²) in [4.78, 5) is 25.4. The average molecular weight is 464 g/mol. The van der Waals surface area contributed by atoms with E-state index in [0.29, 0.717) is 17.6 Å². The number of carbonyl (C=O) groups excluding carboxylic acids is 2. The minimum Gasteiger partial charge on any atom is -0.455 e. The Kier molecular flexibility index (Phi) is 7.17. The number of esters is 2. The van der Waals surface area contributed by atoms with Gasteiger partial charge in [-0.3, -0.25) is 0 Å². The maximum atomic E-state index is 14.2. The number of rotatable bonds is 5. The summed E-state index contributed by atoms with van der Waals surface area (Å²) >= 11 is 0. The van der Waals surface area contributed by atoms with Gasteiger partial charge in [0, 0.05) is 24.2 Å². The first-order chi connectivity index (χ1) is 15.5. The second-order valence-corrected chi connectivity index (χ2v) is 8.38. The number of fused-ring (bicyclic) bond motifs is 1. The molecule has 0 radical (unpaired) electrons. The minimum atomic E-state index is -5.07. The van der Waals surface area contributed by atoms with E-state index in [9.17, 15) is 22.8 Å². The molecule has 0 spiro atoms. The van der Waals surface area contributed by atoms with Gasteiger partial charge in [0.1, 0.15) is 12.2 Å². The molecular weight excluding hydrogens is 437 g/mol. The normalized spacial score (nSPS) is 26.8. The Bertz CT molecular complexity index is 980. The molecule has 1 aromatic rings. The molecule has 3 rings (SSSR count). The summed E-state index contributed by atoms with van der Waals surface area (Å²) in [6, 6.07) is 6.67. The second-order valence-electron chi connectivity index (χ2n) is 8.38. The molecule has 0 saturated carbocycles. The van der Waals surface area contributed by atoms with Crippen molar-refractivity contribution in [2.45, 2.75) is 57.1 Å². The topological polar surface area (TPSA) is 61.8 Å². The van der Waals surface area contributed by atoms with Gasteiger partial charge in [-0.05, 0) is 44.8 Å². The Morgan fingerprint density at radius 3 is 2.45 bits per heavy atom. The van der Waals surface area contributed by atoms with Gasteiger partial charge < -0.3 is 14.2 Å². The van der Waals surface area contributed by atoms with Crippen LogP contribution in [0.1, 0.15) is 38.7 Å². The molecule has 178 valence electrons. The Hall–Kier alpha value is -2.87. The maximum absolute atomic E-state index is 14.2. The molecule has 0 fully saturated rings. The van der Waals surface area contributed by atoms with Gasteiger partial charge in [-0.2, -0.15) is 13.2 Å². The van der Waals surface area contributed by atoms with Gasteiger partial charge in [0.15, 0.2) is 0 Å². The second kappa shape index (κ2) is 9.55. The largest absolute Gasteiger partial charge is 0.455 e. The van der Waals surface area contributed by atoms with Gasteiger partial charge in [-0.15, -0.1) is 0 Å². The Labute approximate surface area is 190 Å². The fourth-order valence-electron chi connectivity index (χ4n) is 4.21. The van der Waals surface area contributed by atoms with Crippen LogP contribution in [0.2, 0.25) is 0 Å². The quantitative estimate of drug-likeness (QED) is 0.444. The van der Waals surface area contributed by atoms with Crippen molar-refractivity contribution >= 4 is 11.9 Å². The SMILES string of the molecule is C=C(C)[C@H]1C/C=C(\C)[C@@H](OC(=O)[C@@](OC)(c2ccccc2)C(F)(F)F)CCC2=C[C@H]1OC2=O. The molecule has 1 aliphatic heterocycles. The van der Waals surface area contributed by atoms with Gasteiger partial charge in [-0.25, -0.2) is 9.59 Å². The minimum absolute atomic E-state index is 0.131. The highest BCUT2D eigenvalue weighted by molar-refractivity contribution is 5.91. The number of alkyl halides is 3. The monoisotopic (exact) mass is 464 g/mol. The number of ether oxygens (including phenoxy) is 3. The molecule has 0 unspecified atom stereocenters. The molecule has 5 nitrogen and oxygen atoms in total. The van der Waals surface area contributed by atoms with Crippen LogP contribution >= 0.6 is 0 Å². The third-order valence-electron chi connectivity index (χ3n) is 6.20. The van der Waals surface area contributed by atoms with Crippen LogP contribution in [0, 0.1) is 5.92 Å². The van der Waals surface area contributed by atoms with E-state index in [1.54, 1.807) is 25.1 Å². The third kappa shape index (κ3) is 4.76. The zero-order chi connectivity index (χ0) is 24.4. The predicted octanol–water partition coefficient (Wildman–Crippen LogP) is 5.18. The molecule has 0 aromatic heterocycles. The molecule has 4 atom stereocenters. The van der Waals surface area contributed by atoms with Crippen molar-refractivity contribution in [3.8, 4) is 0 Å². The summed E-state index contributed by atoms with van der Waals surface area (Å²) in [5.74, 6) is -2.22. The van der Waals surface area contributed by atoms with Gasteiger partial charge in [0.2, 0.25) is 0 Å². The van der Waals surface area contributed by atoms with Crippen molar-refractivity contribution in [3.63, 3.8) is 0 Å².